The lowest BCUT2D eigenvalue weighted by atomic mass is 10.0. The topological polar surface area (TPSA) is 0 Å². The van der Waals surface area contributed by atoms with Crippen molar-refractivity contribution in [2.75, 3.05) is 0 Å². The molecular formula is C15H32Si. The van der Waals surface area contributed by atoms with Crippen LogP contribution in [0, 0.1) is 0 Å². The van der Waals surface area contributed by atoms with Gasteiger partial charge in [-0.2, -0.15) is 0 Å². The number of rotatable bonds is 7. The Morgan fingerprint density at radius 1 is 0.750 bits per heavy atom. The summed E-state index contributed by atoms with van der Waals surface area (Å²) in [6, 6.07) is 4.87. The van der Waals surface area contributed by atoms with Crippen LogP contribution < -0.4 is 0 Å². The summed E-state index contributed by atoms with van der Waals surface area (Å²) < 4.78 is 0. The third-order valence-electron chi connectivity index (χ3n) is 4.71. The quantitative estimate of drug-likeness (QED) is 0.479. The fraction of sp³-hybridized carbons (Fsp3) is 1.00. The van der Waals surface area contributed by atoms with Gasteiger partial charge in [0.15, 0.2) is 0 Å². The molecule has 16 heavy (non-hydrogen) atoms. The van der Waals surface area contributed by atoms with Crippen molar-refractivity contribution < 1.29 is 0 Å². The molecule has 1 aliphatic carbocycles. The van der Waals surface area contributed by atoms with Crippen LogP contribution in [0.1, 0.15) is 72.1 Å². The molecule has 1 saturated carbocycles. The molecule has 0 unspecified atom stereocenters. The predicted molar refractivity (Wildman–Crippen MR) is 77.9 cm³/mol. The second-order valence-electron chi connectivity index (χ2n) is 5.95. The van der Waals surface area contributed by atoms with E-state index in [1.807, 2.05) is 0 Å². The minimum atomic E-state index is -0.895. The minimum absolute atomic E-state index is 0.895. The fourth-order valence-corrected chi connectivity index (χ4v) is 10.8. The molecule has 0 N–H and O–H groups in total. The van der Waals surface area contributed by atoms with Crippen LogP contribution in [0.4, 0.5) is 0 Å². The molecule has 0 amide bonds. The Bertz CT molecular complexity index is 153. The van der Waals surface area contributed by atoms with Crippen LogP contribution in [0.25, 0.3) is 0 Å². The van der Waals surface area contributed by atoms with Crippen LogP contribution in [0.2, 0.25) is 23.7 Å². The van der Waals surface area contributed by atoms with Crippen LogP contribution in [-0.4, -0.2) is 8.07 Å². The second-order valence-corrected chi connectivity index (χ2v) is 11.0. The van der Waals surface area contributed by atoms with Gasteiger partial charge in [-0.3, -0.25) is 0 Å². The predicted octanol–water partition coefficient (Wildman–Crippen LogP) is 6.00. The molecule has 0 aliphatic heterocycles. The third kappa shape index (κ3) is 3.61. The summed E-state index contributed by atoms with van der Waals surface area (Å²) in [6.45, 7) is 7.24. The number of hydrogen-bond acceptors (Lipinski definition) is 0. The van der Waals surface area contributed by atoms with Gasteiger partial charge in [-0.15, -0.1) is 0 Å². The van der Waals surface area contributed by atoms with Crippen molar-refractivity contribution in [2.24, 2.45) is 0 Å². The highest BCUT2D eigenvalue weighted by Gasteiger charge is 2.38. The van der Waals surface area contributed by atoms with Gasteiger partial charge in [0.2, 0.25) is 0 Å². The lowest BCUT2D eigenvalue weighted by molar-refractivity contribution is 0.485. The molecule has 1 rings (SSSR count). The van der Waals surface area contributed by atoms with Crippen LogP contribution in [0.5, 0.6) is 0 Å². The van der Waals surface area contributed by atoms with Gasteiger partial charge < -0.3 is 0 Å². The summed E-state index contributed by atoms with van der Waals surface area (Å²) in [4.78, 5) is 0. The Morgan fingerprint density at radius 3 is 1.56 bits per heavy atom. The van der Waals surface area contributed by atoms with Crippen LogP contribution in [-0.2, 0) is 0 Å². The zero-order valence-electron chi connectivity index (χ0n) is 11.9. The molecule has 0 heterocycles. The van der Waals surface area contributed by atoms with Crippen molar-refractivity contribution in [3.63, 3.8) is 0 Å². The lowest BCUT2D eigenvalue weighted by Crippen LogP contribution is -2.40. The zero-order valence-corrected chi connectivity index (χ0v) is 12.9. The van der Waals surface area contributed by atoms with E-state index in [-0.39, 0.29) is 0 Å². The van der Waals surface area contributed by atoms with Gasteiger partial charge >= 0.3 is 0 Å². The van der Waals surface area contributed by atoms with Crippen molar-refractivity contribution in [1.82, 2.24) is 0 Å². The SMILES string of the molecule is CCC[Si](CCC)(CCC)C1CCCCC1. The van der Waals surface area contributed by atoms with E-state index in [0.717, 1.165) is 0 Å². The lowest BCUT2D eigenvalue weighted by Gasteiger charge is -2.41. The van der Waals surface area contributed by atoms with E-state index in [0.29, 0.717) is 0 Å². The van der Waals surface area contributed by atoms with Crippen molar-refractivity contribution in [3.05, 3.63) is 0 Å². The van der Waals surface area contributed by atoms with E-state index < -0.39 is 8.07 Å². The van der Waals surface area contributed by atoms with E-state index in [2.05, 4.69) is 20.8 Å². The van der Waals surface area contributed by atoms with Crippen molar-refractivity contribution >= 4 is 8.07 Å². The second kappa shape index (κ2) is 7.52. The average molecular weight is 241 g/mol. The fourth-order valence-electron chi connectivity index (χ4n) is 4.20. The standard InChI is InChI=1S/C15H32Si/c1-4-12-16(13-5-2,14-6-3)15-10-8-7-9-11-15/h15H,4-14H2,1-3H3. The normalized spacial score (nSPS) is 18.9. The molecule has 1 heteroatoms. The molecule has 0 aromatic rings. The first kappa shape index (κ1) is 14.3. The summed E-state index contributed by atoms with van der Waals surface area (Å²) >= 11 is 0. The minimum Gasteiger partial charge on any atom is -0.0657 e. The average Bonchev–Trinajstić information content (AvgIpc) is 2.31. The molecule has 0 bridgehead atoms. The first-order valence-corrected chi connectivity index (χ1v) is 10.5. The van der Waals surface area contributed by atoms with Gasteiger partial charge in [-0.05, 0) is 5.54 Å². The molecule has 0 saturated heterocycles. The summed E-state index contributed by atoms with van der Waals surface area (Å²) in [5, 5.41) is 0. The zero-order chi connectivity index (χ0) is 11.9. The molecular weight excluding hydrogens is 208 g/mol. The van der Waals surface area contributed by atoms with Gasteiger partial charge in [0.25, 0.3) is 0 Å². The van der Waals surface area contributed by atoms with Crippen LogP contribution in [0.3, 0.4) is 0 Å². The highest BCUT2D eigenvalue weighted by Crippen LogP contribution is 2.45. The third-order valence-corrected chi connectivity index (χ3v) is 11.5. The first-order valence-electron chi connectivity index (χ1n) is 7.79. The number of hydrogen-bond donors (Lipinski definition) is 0. The Balaban J connectivity index is 2.70. The van der Waals surface area contributed by atoms with Gasteiger partial charge in [0.05, 0.1) is 8.07 Å². The molecule has 1 fully saturated rings. The van der Waals surface area contributed by atoms with E-state index in [1.54, 1.807) is 31.0 Å². The highest BCUT2D eigenvalue weighted by molar-refractivity contribution is 6.81. The van der Waals surface area contributed by atoms with Gasteiger partial charge in [-0.1, -0.05) is 90.3 Å². The molecule has 1 aliphatic rings. The summed E-state index contributed by atoms with van der Waals surface area (Å²) in [7, 11) is -0.895. The van der Waals surface area contributed by atoms with E-state index in [1.165, 1.54) is 44.1 Å². The van der Waals surface area contributed by atoms with Crippen LogP contribution in [0.15, 0.2) is 0 Å². The molecule has 0 spiro atoms. The van der Waals surface area contributed by atoms with Gasteiger partial charge in [0, 0.05) is 0 Å². The Kier molecular flexibility index (Phi) is 6.72. The van der Waals surface area contributed by atoms with E-state index >= 15 is 0 Å². The molecule has 96 valence electrons. The van der Waals surface area contributed by atoms with Gasteiger partial charge in [-0.25, -0.2) is 0 Å². The summed E-state index contributed by atoms with van der Waals surface area (Å²) in [5.41, 5.74) is 1.20. The van der Waals surface area contributed by atoms with E-state index in [4.69, 9.17) is 0 Å². The highest BCUT2D eigenvalue weighted by atomic mass is 28.3. The molecule has 0 atom stereocenters. The molecule has 0 aromatic heterocycles. The van der Waals surface area contributed by atoms with Crippen LogP contribution >= 0.6 is 0 Å². The van der Waals surface area contributed by atoms with Gasteiger partial charge in [0.1, 0.15) is 0 Å². The van der Waals surface area contributed by atoms with Crippen molar-refractivity contribution in [2.45, 2.75) is 95.8 Å². The Labute approximate surface area is 104 Å². The smallest absolute Gasteiger partial charge is 0.0566 e. The molecule has 0 aromatic carbocycles. The summed E-state index contributed by atoms with van der Waals surface area (Å²) in [5.74, 6) is 0. The van der Waals surface area contributed by atoms with Crippen molar-refractivity contribution in [1.29, 1.82) is 0 Å². The summed E-state index contributed by atoms with van der Waals surface area (Å²) in [6.07, 6.45) is 12.1. The Hall–Kier alpha value is 0.217. The maximum absolute atomic E-state index is 2.41. The van der Waals surface area contributed by atoms with Crippen molar-refractivity contribution in [3.8, 4) is 0 Å². The maximum atomic E-state index is 2.41. The largest absolute Gasteiger partial charge is 0.0657 e. The molecule has 0 nitrogen and oxygen atoms in total. The monoisotopic (exact) mass is 240 g/mol. The Morgan fingerprint density at radius 2 is 1.19 bits per heavy atom. The first-order chi connectivity index (χ1) is 7.79. The molecule has 0 radical (unpaired) electrons. The van der Waals surface area contributed by atoms with E-state index in [9.17, 15) is 0 Å². The maximum Gasteiger partial charge on any atom is 0.0566 e.